The molecule has 0 atom stereocenters. The lowest BCUT2D eigenvalue weighted by molar-refractivity contribution is 0.416. The summed E-state index contributed by atoms with van der Waals surface area (Å²) in [6, 6.07) is 5.86. The zero-order chi connectivity index (χ0) is 11.7. The lowest BCUT2D eigenvalue weighted by atomic mass is 10.1. The molecule has 0 unspecified atom stereocenters. The van der Waals surface area contributed by atoms with Crippen LogP contribution in [0.3, 0.4) is 0 Å². The fraction of sp³-hybridized carbons (Fsp3) is 0.250. The number of ether oxygens (including phenoxy) is 1. The Hall–Kier alpha value is -1.97. The minimum atomic E-state index is -0.198. The minimum absolute atomic E-state index is 0.198. The molecular formula is C12H14N2O2. The number of benzene rings is 1. The average Bonchev–Trinajstić information content (AvgIpc) is 2.57. The summed E-state index contributed by atoms with van der Waals surface area (Å²) < 4.78 is 5.28. The van der Waals surface area contributed by atoms with Crippen molar-refractivity contribution >= 4 is 0 Å². The normalized spacial score (nSPS) is 10.4. The number of rotatable bonds is 2. The van der Waals surface area contributed by atoms with Gasteiger partial charge >= 0.3 is 5.69 Å². The fourth-order valence-corrected chi connectivity index (χ4v) is 1.76. The Bertz CT molecular complexity index is 567. The van der Waals surface area contributed by atoms with Gasteiger partial charge in [-0.25, -0.2) is 4.79 Å². The molecule has 4 nitrogen and oxygen atoms in total. The van der Waals surface area contributed by atoms with Gasteiger partial charge in [0, 0.05) is 11.3 Å². The summed E-state index contributed by atoms with van der Waals surface area (Å²) in [4.78, 5) is 16.7. The van der Waals surface area contributed by atoms with Crippen molar-refractivity contribution in [2.24, 2.45) is 0 Å². The first kappa shape index (κ1) is 10.5. The molecule has 2 N–H and O–H groups in total. The molecular weight excluding hydrogens is 204 g/mol. The lowest BCUT2D eigenvalue weighted by Crippen LogP contribution is -2.00. The van der Waals surface area contributed by atoms with E-state index in [0.717, 1.165) is 28.3 Å². The number of aryl methyl sites for hydroxylation is 2. The summed E-state index contributed by atoms with van der Waals surface area (Å²) in [5, 5.41) is 0. The van der Waals surface area contributed by atoms with Crippen molar-refractivity contribution in [1.82, 2.24) is 9.97 Å². The van der Waals surface area contributed by atoms with Gasteiger partial charge in [-0.15, -0.1) is 0 Å². The highest BCUT2D eigenvalue weighted by Gasteiger charge is 2.11. The molecule has 0 fully saturated rings. The summed E-state index contributed by atoms with van der Waals surface area (Å²) in [6.45, 7) is 3.86. The highest BCUT2D eigenvalue weighted by atomic mass is 16.5. The molecule has 2 aromatic rings. The molecule has 1 aromatic carbocycles. The molecule has 0 radical (unpaired) electrons. The van der Waals surface area contributed by atoms with E-state index in [0.29, 0.717) is 0 Å². The van der Waals surface area contributed by atoms with Crippen LogP contribution in [0.2, 0.25) is 0 Å². The molecule has 0 spiro atoms. The number of methoxy groups -OCH3 is 1. The summed E-state index contributed by atoms with van der Waals surface area (Å²) in [7, 11) is 1.62. The summed E-state index contributed by atoms with van der Waals surface area (Å²) >= 11 is 0. The van der Waals surface area contributed by atoms with Crippen LogP contribution in [0.15, 0.2) is 23.0 Å². The van der Waals surface area contributed by atoms with Crippen LogP contribution in [0.1, 0.15) is 11.3 Å². The number of H-pyrrole nitrogens is 2. The first-order chi connectivity index (χ1) is 7.61. The molecule has 0 bridgehead atoms. The fourth-order valence-electron chi connectivity index (χ4n) is 1.76. The first-order valence-corrected chi connectivity index (χ1v) is 5.05. The second-order valence-corrected chi connectivity index (χ2v) is 3.78. The number of hydrogen-bond acceptors (Lipinski definition) is 2. The monoisotopic (exact) mass is 218 g/mol. The number of aromatic amines is 2. The molecule has 0 aliphatic carbocycles. The van der Waals surface area contributed by atoms with Crippen molar-refractivity contribution in [3.05, 3.63) is 39.9 Å². The largest absolute Gasteiger partial charge is 0.496 e. The van der Waals surface area contributed by atoms with Crippen LogP contribution in [0.4, 0.5) is 0 Å². The van der Waals surface area contributed by atoms with Gasteiger partial charge < -0.3 is 14.7 Å². The maximum Gasteiger partial charge on any atom is 0.323 e. The number of nitrogens with one attached hydrogen (secondary N) is 2. The van der Waals surface area contributed by atoms with Gasteiger partial charge in [0.2, 0.25) is 0 Å². The molecule has 0 aliphatic heterocycles. The van der Waals surface area contributed by atoms with E-state index >= 15 is 0 Å². The molecule has 16 heavy (non-hydrogen) atoms. The van der Waals surface area contributed by atoms with E-state index < -0.39 is 0 Å². The Kier molecular flexibility index (Phi) is 2.56. The summed E-state index contributed by atoms with van der Waals surface area (Å²) in [5.74, 6) is 0.754. The molecule has 4 heteroatoms. The van der Waals surface area contributed by atoms with Gasteiger partial charge in [0.25, 0.3) is 0 Å². The molecule has 0 aliphatic rings. The standard InChI is InChI=1S/C12H14N2O2/c1-7-4-5-10(16-3)9(6-7)11-8(2)13-12(15)14-11/h4-6H,1-3H3,(H2,13,14,15). The molecule has 1 aromatic heterocycles. The Labute approximate surface area is 93.3 Å². The van der Waals surface area contributed by atoms with Crippen LogP contribution in [0.25, 0.3) is 11.3 Å². The quantitative estimate of drug-likeness (QED) is 0.809. The first-order valence-electron chi connectivity index (χ1n) is 5.05. The van der Waals surface area contributed by atoms with Gasteiger partial charge in [-0.05, 0) is 26.0 Å². The Morgan fingerprint density at radius 3 is 2.50 bits per heavy atom. The number of aromatic nitrogens is 2. The van der Waals surface area contributed by atoms with E-state index in [1.165, 1.54) is 0 Å². The van der Waals surface area contributed by atoms with Gasteiger partial charge in [0.05, 0.1) is 12.8 Å². The van der Waals surface area contributed by atoms with Crippen LogP contribution in [-0.4, -0.2) is 17.1 Å². The van der Waals surface area contributed by atoms with Crippen LogP contribution < -0.4 is 10.4 Å². The third kappa shape index (κ3) is 1.74. The van der Waals surface area contributed by atoms with Crippen LogP contribution in [-0.2, 0) is 0 Å². The Morgan fingerprint density at radius 2 is 1.94 bits per heavy atom. The van der Waals surface area contributed by atoms with Crippen LogP contribution in [0, 0.1) is 13.8 Å². The maximum atomic E-state index is 11.2. The van der Waals surface area contributed by atoms with Gasteiger partial charge in [0.1, 0.15) is 5.75 Å². The molecule has 0 amide bonds. The number of imidazole rings is 1. The second kappa shape index (κ2) is 3.89. The van der Waals surface area contributed by atoms with Gasteiger partial charge in [0.15, 0.2) is 0 Å². The van der Waals surface area contributed by atoms with Gasteiger partial charge in [-0.3, -0.25) is 0 Å². The third-order valence-corrected chi connectivity index (χ3v) is 2.54. The van der Waals surface area contributed by atoms with Crippen molar-refractivity contribution in [2.45, 2.75) is 13.8 Å². The second-order valence-electron chi connectivity index (χ2n) is 3.78. The maximum absolute atomic E-state index is 11.2. The van der Waals surface area contributed by atoms with E-state index in [1.807, 2.05) is 32.0 Å². The predicted octanol–water partition coefficient (Wildman–Crippen LogP) is 2.00. The topological polar surface area (TPSA) is 57.9 Å². The van der Waals surface area contributed by atoms with Crippen molar-refractivity contribution in [3.63, 3.8) is 0 Å². The van der Waals surface area contributed by atoms with E-state index in [9.17, 15) is 4.79 Å². The lowest BCUT2D eigenvalue weighted by Gasteiger charge is -2.08. The van der Waals surface area contributed by atoms with E-state index in [4.69, 9.17) is 4.74 Å². The molecule has 84 valence electrons. The molecule has 1 heterocycles. The zero-order valence-corrected chi connectivity index (χ0v) is 9.55. The van der Waals surface area contributed by atoms with Crippen LogP contribution in [0.5, 0.6) is 5.75 Å². The van der Waals surface area contributed by atoms with E-state index in [2.05, 4.69) is 9.97 Å². The molecule has 2 rings (SSSR count). The van der Waals surface area contributed by atoms with Crippen LogP contribution >= 0.6 is 0 Å². The average molecular weight is 218 g/mol. The summed E-state index contributed by atoms with van der Waals surface area (Å²) in [5.41, 5.74) is 3.42. The van der Waals surface area contributed by atoms with Crippen molar-refractivity contribution in [2.75, 3.05) is 7.11 Å². The van der Waals surface area contributed by atoms with Crippen molar-refractivity contribution in [3.8, 4) is 17.0 Å². The molecule has 0 saturated heterocycles. The smallest absolute Gasteiger partial charge is 0.323 e. The SMILES string of the molecule is COc1ccc(C)cc1-c1[nH]c(=O)[nH]c1C. The zero-order valence-electron chi connectivity index (χ0n) is 9.55. The predicted molar refractivity (Wildman–Crippen MR) is 62.9 cm³/mol. The number of hydrogen-bond donors (Lipinski definition) is 2. The van der Waals surface area contributed by atoms with Crippen molar-refractivity contribution in [1.29, 1.82) is 0 Å². The van der Waals surface area contributed by atoms with E-state index in [1.54, 1.807) is 7.11 Å². The van der Waals surface area contributed by atoms with Gasteiger partial charge in [-0.1, -0.05) is 11.6 Å². The van der Waals surface area contributed by atoms with E-state index in [-0.39, 0.29) is 5.69 Å². The van der Waals surface area contributed by atoms with Gasteiger partial charge in [-0.2, -0.15) is 0 Å². The van der Waals surface area contributed by atoms with Crippen molar-refractivity contribution < 1.29 is 4.74 Å². The Morgan fingerprint density at radius 1 is 1.19 bits per heavy atom. The third-order valence-electron chi connectivity index (χ3n) is 2.54. The summed E-state index contributed by atoms with van der Waals surface area (Å²) in [6.07, 6.45) is 0. The molecule has 0 saturated carbocycles. The highest BCUT2D eigenvalue weighted by Crippen LogP contribution is 2.30. The highest BCUT2D eigenvalue weighted by molar-refractivity contribution is 5.69. The Balaban J connectivity index is 2.67. The minimum Gasteiger partial charge on any atom is -0.496 e.